The molecule has 4 heteroatoms. The largest absolute Gasteiger partial charge is 0.396 e. The number of hydrogen-bond acceptors (Lipinski definition) is 3. The van der Waals surface area contributed by atoms with Crippen LogP contribution in [-0.2, 0) is 17.7 Å². The molecule has 3 heterocycles. The van der Waals surface area contributed by atoms with E-state index < -0.39 is 0 Å². The smallest absolute Gasteiger partial charge is 0.109 e. The van der Waals surface area contributed by atoms with Gasteiger partial charge in [-0.25, -0.2) is 4.98 Å². The van der Waals surface area contributed by atoms with E-state index in [-0.39, 0.29) is 0 Å². The van der Waals surface area contributed by atoms with E-state index in [0.29, 0.717) is 18.4 Å². The van der Waals surface area contributed by atoms with Crippen LogP contribution in [0.4, 0.5) is 0 Å². The zero-order chi connectivity index (χ0) is 11.7. The van der Waals surface area contributed by atoms with Crippen molar-refractivity contribution in [2.75, 3.05) is 19.8 Å². The molecule has 1 fully saturated rings. The summed E-state index contributed by atoms with van der Waals surface area (Å²) in [7, 11) is 0. The van der Waals surface area contributed by atoms with Gasteiger partial charge in [0.1, 0.15) is 5.82 Å². The Morgan fingerprint density at radius 3 is 2.94 bits per heavy atom. The van der Waals surface area contributed by atoms with Gasteiger partial charge < -0.3 is 14.4 Å². The van der Waals surface area contributed by atoms with E-state index >= 15 is 0 Å². The summed E-state index contributed by atoms with van der Waals surface area (Å²) < 4.78 is 7.66. The fourth-order valence-corrected chi connectivity index (χ4v) is 2.86. The highest BCUT2D eigenvalue weighted by molar-refractivity contribution is 5.12. The van der Waals surface area contributed by atoms with Crippen LogP contribution in [0.2, 0.25) is 0 Å². The average molecular weight is 236 g/mol. The van der Waals surface area contributed by atoms with E-state index in [4.69, 9.17) is 9.72 Å². The van der Waals surface area contributed by atoms with Gasteiger partial charge in [-0.1, -0.05) is 0 Å². The zero-order valence-corrected chi connectivity index (χ0v) is 10.1. The minimum atomic E-state index is 0.291. The van der Waals surface area contributed by atoms with Crippen LogP contribution in [0.3, 0.4) is 0 Å². The molecule has 1 N–H and O–H groups in total. The Balaban J connectivity index is 1.77. The molecule has 4 nitrogen and oxygen atoms in total. The highest BCUT2D eigenvalue weighted by atomic mass is 16.5. The minimum absolute atomic E-state index is 0.291. The van der Waals surface area contributed by atoms with Crippen LogP contribution in [-0.4, -0.2) is 34.5 Å². The van der Waals surface area contributed by atoms with Gasteiger partial charge >= 0.3 is 0 Å². The zero-order valence-electron chi connectivity index (χ0n) is 10.1. The first-order valence-electron chi connectivity index (χ1n) is 6.61. The number of imidazole rings is 1. The van der Waals surface area contributed by atoms with Gasteiger partial charge in [0.25, 0.3) is 0 Å². The van der Waals surface area contributed by atoms with Crippen molar-refractivity contribution in [3.63, 3.8) is 0 Å². The molecule has 0 spiro atoms. The van der Waals surface area contributed by atoms with Gasteiger partial charge in [0.15, 0.2) is 0 Å². The van der Waals surface area contributed by atoms with Crippen molar-refractivity contribution >= 4 is 0 Å². The predicted molar refractivity (Wildman–Crippen MR) is 63.9 cm³/mol. The normalized spacial score (nSPS) is 25.8. The van der Waals surface area contributed by atoms with Gasteiger partial charge in [0.05, 0.1) is 5.69 Å². The summed E-state index contributed by atoms with van der Waals surface area (Å²) in [6.07, 6.45) is 6.42. The third kappa shape index (κ3) is 2.24. The standard InChI is InChI=1S/C13H20N2O2/c16-9-10-1-4-15-8-12(14-13(15)7-10)11-2-5-17-6-3-11/h8,10-11,16H,1-7,9H2. The Hall–Kier alpha value is -0.870. The number of aliphatic hydroxyl groups excluding tert-OH is 1. The van der Waals surface area contributed by atoms with E-state index in [1.807, 2.05) is 0 Å². The molecule has 0 bridgehead atoms. The Morgan fingerprint density at radius 1 is 1.35 bits per heavy atom. The van der Waals surface area contributed by atoms with Gasteiger partial charge in [-0.3, -0.25) is 0 Å². The van der Waals surface area contributed by atoms with Gasteiger partial charge in [-0.15, -0.1) is 0 Å². The number of ether oxygens (including phenoxy) is 1. The second-order valence-electron chi connectivity index (χ2n) is 5.20. The molecule has 1 atom stereocenters. The first-order chi connectivity index (χ1) is 8.36. The summed E-state index contributed by atoms with van der Waals surface area (Å²) in [5.41, 5.74) is 1.24. The number of fused-ring (bicyclic) bond motifs is 1. The lowest BCUT2D eigenvalue weighted by molar-refractivity contribution is 0.0845. The second kappa shape index (κ2) is 4.78. The molecule has 3 rings (SSSR count). The highest BCUT2D eigenvalue weighted by Gasteiger charge is 2.24. The SMILES string of the molecule is OCC1CCn2cc(C3CCOCC3)nc2C1. The van der Waals surface area contributed by atoms with E-state index in [1.165, 1.54) is 5.69 Å². The molecule has 94 valence electrons. The first-order valence-corrected chi connectivity index (χ1v) is 6.61. The number of hydrogen-bond donors (Lipinski definition) is 1. The molecule has 2 aliphatic rings. The third-order valence-corrected chi connectivity index (χ3v) is 4.03. The van der Waals surface area contributed by atoms with Crippen LogP contribution in [0.15, 0.2) is 6.20 Å². The van der Waals surface area contributed by atoms with E-state index in [0.717, 1.165) is 51.3 Å². The van der Waals surface area contributed by atoms with Crippen molar-refractivity contribution in [1.29, 1.82) is 0 Å². The van der Waals surface area contributed by atoms with Gasteiger partial charge in [-0.2, -0.15) is 0 Å². The summed E-state index contributed by atoms with van der Waals surface area (Å²) in [4.78, 5) is 4.77. The maximum Gasteiger partial charge on any atom is 0.109 e. The second-order valence-corrected chi connectivity index (χ2v) is 5.20. The Bertz CT molecular complexity index is 383. The van der Waals surface area contributed by atoms with Crippen molar-refractivity contribution < 1.29 is 9.84 Å². The molecule has 1 saturated heterocycles. The summed E-state index contributed by atoms with van der Waals surface area (Å²) in [6.45, 7) is 3.04. The van der Waals surface area contributed by atoms with Crippen LogP contribution in [0.5, 0.6) is 0 Å². The van der Waals surface area contributed by atoms with E-state index in [2.05, 4.69) is 10.8 Å². The summed E-state index contributed by atoms with van der Waals surface area (Å²) in [5, 5.41) is 9.22. The lowest BCUT2D eigenvalue weighted by Crippen LogP contribution is -2.21. The topological polar surface area (TPSA) is 47.3 Å². The molecule has 0 radical (unpaired) electrons. The lowest BCUT2D eigenvalue weighted by atomic mass is 9.97. The molecule has 1 unspecified atom stereocenters. The molecule has 0 aliphatic carbocycles. The Kier molecular flexibility index (Phi) is 3.16. The molecule has 1 aromatic heterocycles. The molecule has 0 amide bonds. The lowest BCUT2D eigenvalue weighted by Gasteiger charge is -2.20. The van der Waals surface area contributed by atoms with Crippen molar-refractivity contribution in [2.45, 2.75) is 38.1 Å². The minimum Gasteiger partial charge on any atom is -0.396 e. The molecule has 0 aromatic carbocycles. The summed E-state index contributed by atoms with van der Waals surface area (Å²) in [6, 6.07) is 0. The van der Waals surface area contributed by atoms with Crippen molar-refractivity contribution in [3.8, 4) is 0 Å². The van der Waals surface area contributed by atoms with Gasteiger partial charge in [0, 0.05) is 44.9 Å². The molecular weight excluding hydrogens is 216 g/mol. The third-order valence-electron chi connectivity index (χ3n) is 4.03. The maximum atomic E-state index is 9.22. The van der Waals surface area contributed by atoms with Gasteiger partial charge in [-0.05, 0) is 25.2 Å². The number of aliphatic hydroxyl groups is 1. The van der Waals surface area contributed by atoms with Crippen molar-refractivity contribution in [3.05, 3.63) is 17.7 Å². The predicted octanol–water partition coefficient (Wildman–Crippen LogP) is 1.33. The van der Waals surface area contributed by atoms with Crippen LogP contribution in [0.25, 0.3) is 0 Å². The monoisotopic (exact) mass is 236 g/mol. The molecule has 1 aromatic rings. The highest BCUT2D eigenvalue weighted by Crippen LogP contribution is 2.28. The molecular formula is C13H20N2O2. The van der Waals surface area contributed by atoms with Crippen LogP contribution < -0.4 is 0 Å². The Labute approximate surface area is 102 Å². The molecule has 0 saturated carbocycles. The number of aromatic nitrogens is 2. The van der Waals surface area contributed by atoms with Crippen molar-refractivity contribution in [1.82, 2.24) is 9.55 Å². The first kappa shape index (κ1) is 11.2. The van der Waals surface area contributed by atoms with Crippen LogP contribution in [0.1, 0.15) is 36.7 Å². The molecule has 17 heavy (non-hydrogen) atoms. The molecule has 2 aliphatic heterocycles. The quantitative estimate of drug-likeness (QED) is 0.842. The fourth-order valence-electron chi connectivity index (χ4n) is 2.86. The van der Waals surface area contributed by atoms with Crippen LogP contribution in [0, 0.1) is 5.92 Å². The summed E-state index contributed by atoms with van der Waals surface area (Å²) >= 11 is 0. The number of rotatable bonds is 2. The Morgan fingerprint density at radius 2 is 2.18 bits per heavy atom. The maximum absolute atomic E-state index is 9.22. The summed E-state index contributed by atoms with van der Waals surface area (Å²) in [5.74, 6) is 2.15. The number of nitrogens with zero attached hydrogens (tertiary/aromatic N) is 2. The van der Waals surface area contributed by atoms with Gasteiger partial charge in [0.2, 0.25) is 0 Å². The van der Waals surface area contributed by atoms with Crippen molar-refractivity contribution in [2.24, 2.45) is 5.92 Å². The van der Waals surface area contributed by atoms with E-state index in [1.54, 1.807) is 0 Å². The number of aryl methyl sites for hydroxylation is 1. The van der Waals surface area contributed by atoms with E-state index in [9.17, 15) is 5.11 Å². The van der Waals surface area contributed by atoms with Crippen LogP contribution >= 0.6 is 0 Å². The average Bonchev–Trinajstić information content (AvgIpc) is 2.82. The fraction of sp³-hybridized carbons (Fsp3) is 0.769.